The summed E-state index contributed by atoms with van der Waals surface area (Å²) < 4.78 is 18.4. The molecule has 0 bridgehead atoms. The zero-order chi connectivity index (χ0) is 98.5. The van der Waals surface area contributed by atoms with Crippen molar-refractivity contribution in [2.75, 3.05) is 37.1 Å². The van der Waals surface area contributed by atoms with E-state index in [0.29, 0.717) is 140 Å². The van der Waals surface area contributed by atoms with Gasteiger partial charge in [0.2, 0.25) is 0 Å². The second-order valence-electron chi connectivity index (χ2n) is 38.8. The molecular formula is C123H147N9O6S3. The highest BCUT2D eigenvalue weighted by atomic mass is 32.2. The monoisotopic (exact) mass is 1940 g/mol. The van der Waals surface area contributed by atoms with Gasteiger partial charge in [-0.25, -0.2) is 44.9 Å². The zero-order valence-electron chi connectivity index (χ0n) is 85.5. The number of aromatic nitrogens is 9. The highest BCUT2D eigenvalue weighted by Gasteiger charge is 2.28. The molecule has 17 rings (SSSR count). The molecule has 2 aliphatic rings. The molecule has 738 valence electrons. The molecule has 2 aliphatic carbocycles. The molecule has 0 saturated carbocycles. The van der Waals surface area contributed by atoms with E-state index in [1.807, 2.05) is 36.4 Å². The molecule has 15 nitrogen and oxygen atoms in total. The molecule has 3 aromatic heterocycles. The van der Waals surface area contributed by atoms with Gasteiger partial charge in [-0.05, 0) is 241 Å². The van der Waals surface area contributed by atoms with E-state index in [2.05, 4.69) is 235 Å². The van der Waals surface area contributed by atoms with Crippen molar-refractivity contribution in [2.45, 2.75) is 278 Å². The first kappa shape index (κ1) is 104. The van der Waals surface area contributed by atoms with Crippen LogP contribution in [0.2, 0.25) is 0 Å². The molecule has 6 unspecified atom stereocenters. The Balaban J connectivity index is 0.000000160. The first-order chi connectivity index (χ1) is 69.1. The predicted octanol–water partition coefficient (Wildman–Crippen LogP) is 34.7. The van der Waals surface area contributed by atoms with Crippen molar-refractivity contribution in [3.8, 4) is 103 Å². The molecule has 3 heterocycles. The van der Waals surface area contributed by atoms with E-state index >= 15 is 0 Å². The van der Waals surface area contributed by atoms with Crippen molar-refractivity contribution in [1.29, 1.82) is 0 Å². The molecule has 0 saturated heterocycles. The number of phenolic OH excluding ortho intramolecular Hbond substituents is 3. The molecule has 0 aliphatic heterocycles. The van der Waals surface area contributed by atoms with Gasteiger partial charge in [0.25, 0.3) is 0 Å². The summed E-state index contributed by atoms with van der Waals surface area (Å²) in [6, 6.07) is 62.3. The van der Waals surface area contributed by atoms with E-state index < -0.39 is 0 Å². The summed E-state index contributed by atoms with van der Waals surface area (Å²) in [6.07, 6.45) is 41.2. The minimum atomic E-state index is 0.113. The standard InChI is InChI=1S/C43H51N3O2S.C41H47N3O2S.C39H49N3O2S/c1-5-9-15-29(7-3)27-48-32-22-24-37(40(47)25-32)41-44-42(46-43(45-41)49-28-30(8-4)16-10-6-2)39-26-38-33-18-12-11-17-31(33)21-23-36(38)34-19-13-14-20-35(34)39;1-5-9-12-27(7-3)25-46-32-20-23-35(36(45)24-32)40-42-39(43-41(44-40)47-26-28(8-4)13-10-6-2)34-22-19-31-17-16-29-14-11-15-30-18-21-33(34)38(31)37(29)30;1-5-9-15-27(7-3)25-44-30-21-22-34(36(43)24-30)37-40-38(42-39(41-37)45-26-28(8-4)16-10-6-2)35-23-29-17-11-12-18-31(29)32-19-13-14-20-33(32)35/h11-12,14,17-18,20-26,29-30,47H,5-10,13,15-16,19,27-28H2,1-4H3;11,14-24,27-28,45H,5-10,12-13,25-26H2,1-4H3;11-12,14,17-18,20-24,27-28,43H,5-10,13,15-16,19,25-26H2,1-4H3. The summed E-state index contributed by atoms with van der Waals surface area (Å²) in [7, 11) is 0. The number of rotatable bonds is 48. The number of hydrogen-bond donors (Lipinski definition) is 3. The number of hydrogen-bond acceptors (Lipinski definition) is 18. The molecule has 3 N–H and O–H groups in total. The molecule has 12 aromatic carbocycles. The van der Waals surface area contributed by atoms with Gasteiger partial charge in [-0.2, -0.15) is 0 Å². The van der Waals surface area contributed by atoms with Crippen LogP contribution in [0.25, 0.3) is 145 Å². The Morgan fingerprint density at radius 2 is 0.603 bits per heavy atom. The van der Waals surface area contributed by atoms with Gasteiger partial charge in [0, 0.05) is 52.1 Å². The SMILES string of the molecule is CCCCC(CC)COc1ccc(-c2nc(SCC(CC)CCCC)nc(-c3cc4c(ccc5ccccc54)c4c3C=CCC4)n2)c(O)c1.CCCCC(CC)COc1ccc(-c2nc(SCC(CC)CCCC)nc(-c3cc4ccccc4c4c3C=CCC4)n2)c(O)c1.CCCCC(CC)COc1ccc(-c2nc(SCC(CC)CCCC)nc(-c3ccc4ccc5cccc6ccc3c4c56)n2)c(O)c1. The Kier molecular flexibility index (Phi) is 38.5. The molecule has 0 spiro atoms. The topological polar surface area (TPSA) is 204 Å². The van der Waals surface area contributed by atoms with Crippen LogP contribution in [0.3, 0.4) is 0 Å². The van der Waals surface area contributed by atoms with E-state index in [0.717, 1.165) is 123 Å². The highest BCUT2D eigenvalue weighted by Crippen LogP contribution is 2.46. The summed E-state index contributed by atoms with van der Waals surface area (Å²) in [6.45, 7) is 28.8. The van der Waals surface area contributed by atoms with Gasteiger partial charge in [-0.3, -0.25) is 0 Å². The maximum Gasteiger partial charge on any atom is 0.191 e. The number of nitrogens with zero attached hydrogens (tertiary/aromatic N) is 9. The lowest BCUT2D eigenvalue weighted by atomic mass is 9.86. The van der Waals surface area contributed by atoms with Crippen LogP contribution in [-0.4, -0.2) is 97.3 Å². The van der Waals surface area contributed by atoms with Crippen molar-refractivity contribution in [3.05, 3.63) is 216 Å². The lowest BCUT2D eigenvalue weighted by molar-refractivity contribution is 0.232. The summed E-state index contributed by atoms with van der Waals surface area (Å²) >= 11 is 5.11. The lowest BCUT2D eigenvalue weighted by Gasteiger charge is -2.20. The molecule has 15 aromatic rings. The molecule has 18 heteroatoms. The first-order valence-electron chi connectivity index (χ1n) is 53.2. The van der Waals surface area contributed by atoms with Crippen molar-refractivity contribution >= 4 is 112 Å². The average Bonchev–Trinajstić information content (AvgIpc) is 0.733. The van der Waals surface area contributed by atoms with E-state index in [1.165, 1.54) is 178 Å². The Labute approximate surface area is 850 Å². The molecule has 141 heavy (non-hydrogen) atoms. The molecule has 0 amide bonds. The number of phenols is 3. The number of allylic oxidation sites excluding steroid dienone is 2. The minimum Gasteiger partial charge on any atom is -0.507 e. The van der Waals surface area contributed by atoms with Crippen molar-refractivity contribution in [3.63, 3.8) is 0 Å². The third-order valence-corrected chi connectivity index (χ3v) is 32.1. The predicted molar refractivity (Wildman–Crippen MR) is 597 cm³/mol. The molecule has 0 radical (unpaired) electrons. The Bertz CT molecular complexity index is 6710. The van der Waals surface area contributed by atoms with Gasteiger partial charge < -0.3 is 29.5 Å². The maximum absolute atomic E-state index is 11.4. The van der Waals surface area contributed by atoms with E-state index in [4.69, 9.17) is 59.1 Å². The van der Waals surface area contributed by atoms with Crippen LogP contribution in [0.5, 0.6) is 34.5 Å². The Morgan fingerprint density at radius 1 is 0.277 bits per heavy atom. The van der Waals surface area contributed by atoms with Gasteiger partial charge in [-0.15, -0.1) is 0 Å². The second kappa shape index (κ2) is 52.2. The highest BCUT2D eigenvalue weighted by molar-refractivity contribution is 7.99. The van der Waals surface area contributed by atoms with Gasteiger partial charge in [0.1, 0.15) is 34.5 Å². The number of aromatic hydroxyl groups is 3. The van der Waals surface area contributed by atoms with Crippen molar-refractivity contribution in [1.82, 2.24) is 44.9 Å². The Hall–Kier alpha value is -11.2. The van der Waals surface area contributed by atoms with Crippen LogP contribution in [-0.2, 0) is 12.8 Å². The van der Waals surface area contributed by atoms with Crippen LogP contribution in [0, 0.1) is 35.5 Å². The fourth-order valence-corrected chi connectivity index (χ4v) is 23.0. The molecular weight excluding hydrogens is 1800 g/mol. The molecule has 0 fully saturated rings. The summed E-state index contributed by atoms with van der Waals surface area (Å²) in [4.78, 5) is 45.3. The third kappa shape index (κ3) is 26.5. The smallest absolute Gasteiger partial charge is 0.191 e. The normalized spacial score (nSPS) is 13.6. The Morgan fingerprint density at radius 3 is 1.01 bits per heavy atom. The molecule has 6 atom stereocenters. The second-order valence-corrected chi connectivity index (χ2v) is 41.7. The number of benzene rings is 12. The van der Waals surface area contributed by atoms with Gasteiger partial charge in [0.05, 0.1) is 36.5 Å². The van der Waals surface area contributed by atoms with Crippen LogP contribution >= 0.6 is 35.3 Å². The zero-order valence-corrected chi connectivity index (χ0v) is 87.9. The minimum absolute atomic E-state index is 0.113. The average molecular weight is 1940 g/mol. The number of aryl methyl sites for hydroxylation is 2. The van der Waals surface area contributed by atoms with Gasteiger partial charge >= 0.3 is 0 Å². The summed E-state index contributed by atoms with van der Waals surface area (Å²) in [5.41, 5.74) is 9.81. The largest absolute Gasteiger partial charge is 0.507 e. The van der Waals surface area contributed by atoms with Gasteiger partial charge in [0.15, 0.2) is 50.4 Å². The van der Waals surface area contributed by atoms with Crippen LogP contribution < -0.4 is 14.2 Å². The maximum atomic E-state index is 11.4. The lowest BCUT2D eigenvalue weighted by Crippen LogP contribution is -2.11. The fraction of sp³-hybridized carbons (Fsp3) is 0.423. The first-order valence-corrected chi connectivity index (χ1v) is 56.1. The fourth-order valence-electron chi connectivity index (χ4n) is 19.7. The van der Waals surface area contributed by atoms with Crippen LogP contribution in [0.4, 0.5) is 0 Å². The number of unbranched alkanes of at least 4 members (excludes halogenated alkanes) is 6. The van der Waals surface area contributed by atoms with Crippen molar-refractivity contribution < 1.29 is 29.5 Å². The number of fused-ring (bicyclic) bond motifs is 8. The van der Waals surface area contributed by atoms with E-state index in [-0.39, 0.29) is 17.2 Å². The van der Waals surface area contributed by atoms with Gasteiger partial charge in [-0.1, -0.05) is 367 Å². The number of ether oxygens (including phenoxy) is 3. The van der Waals surface area contributed by atoms with E-state index in [1.54, 1.807) is 53.5 Å². The van der Waals surface area contributed by atoms with E-state index in [9.17, 15) is 15.3 Å². The van der Waals surface area contributed by atoms with Crippen LogP contribution in [0.1, 0.15) is 272 Å². The summed E-state index contributed by atoms with van der Waals surface area (Å²) in [5, 5.41) is 50.7. The quantitative estimate of drug-likeness (QED) is 0.0240. The van der Waals surface area contributed by atoms with Crippen molar-refractivity contribution in [2.24, 2.45) is 35.5 Å². The summed E-state index contributed by atoms with van der Waals surface area (Å²) in [5.74, 6) is 12.0. The van der Waals surface area contributed by atoms with Crippen LogP contribution in [0.15, 0.2) is 210 Å². The third-order valence-electron chi connectivity index (χ3n) is 28.9. The number of thioether (sulfide) groups is 3.